The second kappa shape index (κ2) is 5.89. The summed E-state index contributed by atoms with van der Waals surface area (Å²) in [4.78, 5) is 33.8. The fourth-order valence-corrected chi connectivity index (χ4v) is 4.75. The predicted octanol–water partition coefficient (Wildman–Crippen LogP) is 2.30. The van der Waals surface area contributed by atoms with Gasteiger partial charge in [-0.25, -0.2) is 0 Å². The van der Waals surface area contributed by atoms with E-state index < -0.39 is 5.72 Å². The Balaban J connectivity index is 1.46. The molecular formula is C21H21N3O3. The molecule has 0 radical (unpaired) electrons. The molecule has 4 heterocycles. The van der Waals surface area contributed by atoms with Crippen molar-refractivity contribution in [1.82, 2.24) is 14.8 Å². The summed E-state index contributed by atoms with van der Waals surface area (Å²) in [6.45, 7) is 3.00. The quantitative estimate of drug-likeness (QED) is 0.821. The minimum atomic E-state index is -0.698. The number of benzene rings is 1. The van der Waals surface area contributed by atoms with Crippen LogP contribution in [-0.4, -0.2) is 51.5 Å². The molecule has 2 amide bonds. The van der Waals surface area contributed by atoms with Crippen molar-refractivity contribution in [1.29, 1.82) is 0 Å². The molecule has 1 aromatic heterocycles. The van der Waals surface area contributed by atoms with Crippen molar-refractivity contribution in [2.45, 2.75) is 37.6 Å². The number of aryl methyl sites for hydroxylation is 1. The molecule has 27 heavy (non-hydrogen) atoms. The fourth-order valence-electron chi connectivity index (χ4n) is 4.75. The van der Waals surface area contributed by atoms with Crippen molar-refractivity contribution in [2.24, 2.45) is 0 Å². The van der Waals surface area contributed by atoms with Crippen molar-refractivity contribution in [3.8, 4) is 0 Å². The highest BCUT2D eigenvalue weighted by Crippen LogP contribution is 2.50. The highest BCUT2D eigenvalue weighted by Gasteiger charge is 2.65. The third kappa shape index (κ3) is 2.33. The van der Waals surface area contributed by atoms with E-state index >= 15 is 0 Å². The summed E-state index contributed by atoms with van der Waals surface area (Å²) in [5.41, 5.74) is 1.67. The number of carbonyl (C=O) groups excluding carboxylic acids is 2. The molecule has 6 heteroatoms. The van der Waals surface area contributed by atoms with E-state index in [1.54, 1.807) is 11.1 Å². The van der Waals surface area contributed by atoms with E-state index in [0.29, 0.717) is 31.6 Å². The zero-order valence-electron chi connectivity index (χ0n) is 15.2. The zero-order chi connectivity index (χ0) is 18.6. The summed E-state index contributed by atoms with van der Waals surface area (Å²) in [7, 11) is 0. The highest BCUT2D eigenvalue weighted by atomic mass is 16.5. The molecule has 0 unspecified atom stereocenters. The van der Waals surface area contributed by atoms with E-state index in [1.807, 2.05) is 54.3 Å². The lowest BCUT2D eigenvalue weighted by Gasteiger charge is -2.32. The van der Waals surface area contributed by atoms with Crippen LogP contribution in [-0.2, 0) is 9.53 Å². The summed E-state index contributed by atoms with van der Waals surface area (Å²) in [6.07, 6.45) is 2.45. The van der Waals surface area contributed by atoms with E-state index in [1.165, 1.54) is 0 Å². The van der Waals surface area contributed by atoms with Gasteiger partial charge in [0.25, 0.3) is 5.91 Å². The van der Waals surface area contributed by atoms with Crippen molar-refractivity contribution in [3.63, 3.8) is 0 Å². The first-order chi connectivity index (χ1) is 13.1. The Hall–Kier alpha value is -2.73. The second-order valence-corrected chi connectivity index (χ2v) is 7.50. The number of pyridine rings is 1. The summed E-state index contributed by atoms with van der Waals surface area (Å²) in [5.74, 6) is -0.0509. The molecule has 5 rings (SSSR count). The summed E-state index contributed by atoms with van der Waals surface area (Å²) < 4.78 is 6.49. The van der Waals surface area contributed by atoms with Crippen LogP contribution in [0.1, 0.15) is 40.6 Å². The molecule has 3 saturated heterocycles. The van der Waals surface area contributed by atoms with Crippen LogP contribution in [0.2, 0.25) is 0 Å². The Morgan fingerprint density at radius 2 is 2.04 bits per heavy atom. The highest BCUT2D eigenvalue weighted by molar-refractivity contribution is 5.95. The molecule has 0 aliphatic carbocycles. The number of hydrogen-bond donors (Lipinski definition) is 0. The Kier molecular flexibility index (Phi) is 3.59. The molecule has 0 saturated carbocycles. The minimum Gasteiger partial charge on any atom is -0.343 e. The minimum absolute atomic E-state index is 0.0636. The standard InChI is InChI=1S/C21H21N3O3/c1-14-6-5-10-22-19(14)20(26)23-11-9-21-17(23)12-18(25)24(21)13-16(27-21)15-7-3-2-4-8-15/h2-8,10,16-17H,9,11-13H2,1H3/t16-,17-,21+/m1/s1. The average molecular weight is 363 g/mol. The smallest absolute Gasteiger partial charge is 0.273 e. The van der Waals surface area contributed by atoms with Crippen LogP contribution in [0, 0.1) is 6.92 Å². The molecular weight excluding hydrogens is 342 g/mol. The van der Waals surface area contributed by atoms with Crippen molar-refractivity contribution >= 4 is 11.8 Å². The molecule has 3 aliphatic rings. The van der Waals surface area contributed by atoms with Gasteiger partial charge in [-0.05, 0) is 24.1 Å². The lowest BCUT2D eigenvalue weighted by molar-refractivity contribution is -0.138. The van der Waals surface area contributed by atoms with Gasteiger partial charge >= 0.3 is 0 Å². The summed E-state index contributed by atoms with van der Waals surface area (Å²) in [6, 6.07) is 13.4. The van der Waals surface area contributed by atoms with Crippen LogP contribution in [0.15, 0.2) is 48.7 Å². The number of hydrogen-bond acceptors (Lipinski definition) is 4. The molecule has 3 fully saturated rings. The third-order valence-electron chi connectivity index (χ3n) is 6.07. The Bertz CT molecular complexity index is 916. The van der Waals surface area contributed by atoms with E-state index in [0.717, 1.165) is 11.1 Å². The van der Waals surface area contributed by atoms with E-state index in [9.17, 15) is 9.59 Å². The molecule has 1 aromatic carbocycles. The Labute approximate surface area is 157 Å². The Morgan fingerprint density at radius 3 is 2.81 bits per heavy atom. The number of carbonyl (C=O) groups is 2. The maximum absolute atomic E-state index is 13.1. The molecule has 0 N–H and O–H groups in total. The van der Waals surface area contributed by atoms with Crippen LogP contribution in [0.3, 0.4) is 0 Å². The first-order valence-electron chi connectivity index (χ1n) is 9.36. The van der Waals surface area contributed by atoms with Gasteiger partial charge < -0.3 is 14.5 Å². The van der Waals surface area contributed by atoms with Gasteiger partial charge in [0.15, 0.2) is 5.72 Å². The number of likely N-dealkylation sites (tertiary alicyclic amines) is 1. The number of rotatable bonds is 2. The van der Waals surface area contributed by atoms with Crippen LogP contribution < -0.4 is 0 Å². The van der Waals surface area contributed by atoms with Gasteiger partial charge in [-0.1, -0.05) is 36.4 Å². The molecule has 2 aromatic rings. The van der Waals surface area contributed by atoms with Gasteiger partial charge in [-0.3, -0.25) is 14.6 Å². The van der Waals surface area contributed by atoms with Gasteiger partial charge in [0.05, 0.1) is 19.0 Å². The number of aromatic nitrogens is 1. The predicted molar refractivity (Wildman–Crippen MR) is 97.7 cm³/mol. The number of ether oxygens (including phenoxy) is 1. The maximum Gasteiger partial charge on any atom is 0.273 e. The van der Waals surface area contributed by atoms with Crippen LogP contribution in [0.4, 0.5) is 0 Å². The zero-order valence-corrected chi connectivity index (χ0v) is 15.2. The summed E-state index contributed by atoms with van der Waals surface area (Å²) in [5, 5.41) is 0. The first kappa shape index (κ1) is 16.4. The normalized spacial score (nSPS) is 29.1. The van der Waals surface area contributed by atoms with E-state index in [-0.39, 0.29) is 24.0 Å². The fraction of sp³-hybridized carbons (Fsp3) is 0.381. The molecule has 3 aliphatic heterocycles. The first-order valence-corrected chi connectivity index (χ1v) is 9.36. The molecule has 0 bridgehead atoms. The van der Waals surface area contributed by atoms with Crippen molar-refractivity contribution in [2.75, 3.05) is 13.1 Å². The Morgan fingerprint density at radius 1 is 1.22 bits per heavy atom. The topological polar surface area (TPSA) is 62.7 Å². The number of nitrogens with zero attached hydrogens (tertiary/aromatic N) is 3. The summed E-state index contributed by atoms with van der Waals surface area (Å²) >= 11 is 0. The lowest BCUT2D eigenvalue weighted by Crippen LogP contribution is -2.49. The van der Waals surface area contributed by atoms with Crippen molar-refractivity contribution in [3.05, 3.63) is 65.5 Å². The largest absolute Gasteiger partial charge is 0.343 e. The van der Waals surface area contributed by atoms with Crippen LogP contribution in [0.5, 0.6) is 0 Å². The maximum atomic E-state index is 13.1. The van der Waals surface area contributed by atoms with Gasteiger partial charge in [-0.2, -0.15) is 0 Å². The average Bonchev–Trinajstić information content (AvgIpc) is 3.31. The van der Waals surface area contributed by atoms with Gasteiger partial charge in [-0.15, -0.1) is 0 Å². The van der Waals surface area contributed by atoms with Crippen LogP contribution in [0.25, 0.3) is 0 Å². The van der Waals surface area contributed by atoms with Crippen LogP contribution >= 0.6 is 0 Å². The monoisotopic (exact) mass is 363 g/mol. The van der Waals surface area contributed by atoms with E-state index in [4.69, 9.17) is 4.74 Å². The molecule has 138 valence electrons. The lowest BCUT2D eigenvalue weighted by atomic mass is 10.1. The van der Waals surface area contributed by atoms with Crippen molar-refractivity contribution < 1.29 is 14.3 Å². The molecule has 1 spiro atoms. The van der Waals surface area contributed by atoms with E-state index in [2.05, 4.69) is 4.98 Å². The van der Waals surface area contributed by atoms with Gasteiger partial charge in [0.1, 0.15) is 11.8 Å². The third-order valence-corrected chi connectivity index (χ3v) is 6.07. The molecule has 3 atom stereocenters. The number of amides is 2. The van der Waals surface area contributed by atoms with Gasteiger partial charge in [0.2, 0.25) is 5.91 Å². The second-order valence-electron chi connectivity index (χ2n) is 7.50. The van der Waals surface area contributed by atoms with Gasteiger partial charge in [0, 0.05) is 19.2 Å². The molecule has 6 nitrogen and oxygen atoms in total. The SMILES string of the molecule is Cc1cccnc1C(=O)N1CC[C@@]23O[C@@H](c4ccccc4)CN2C(=O)C[C@@H]13.